The third-order valence-electron chi connectivity index (χ3n) is 9.79. The monoisotopic (exact) mass is 771 g/mol. The first-order valence-electron chi connectivity index (χ1n) is 23.1. The van der Waals surface area contributed by atoms with E-state index < -0.39 is 6.10 Å². The number of esters is 3. The minimum Gasteiger partial charge on any atom is -0.462 e. The first-order valence-corrected chi connectivity index (χ1v) is 23.1. The van der Waals surface area contributed by atoms with Gasteiger partial charge in [-0.25, -0.2) is 0 Å². The predicted octanol–water partition coefficient (Wildman–Crippen LogP) is 14.8. The molecule has 0 aromatic rings. The van der Waals surface area contributed by atoms with E-state index in [9.17, 15) is 14.4 Å². The van der Waals surface area contributed by atoms with Gasteiger partial charge in [0.2, 0.25) is 0 Å². The molecule has 0 aromatic heterocycles. The highest BCUT2D eigenvalue weighted by Gasteiger charge is 2.19. The normalized spacial score (nSPS) is 12.4. The SMILES string of the molecule is CC/C=C\C/C=C\CCCCCCCCCC(=O)OCC(COC(=O)CCCCCCC/C=C\CCCC)OC(=O)CCCCCCC/C=C\CCCCC. The minimum atomic E-state index is -0.780. The first kappa shape index (κ1) is 52.4. The molecule has 0 aliphatic rings. The molecule has 318 valence electrons. The van der Waals surface area contributed by atoms with Gasteiger partial charge in [-0.2, -0.15) is 0 Å². The molecule has 0 fully saturated rings. The van der Waals surface area contributed by atoms with Gasteiger partial charge in [-0.15, -0.1) is 0 Å². The Kier molecular flexibility index (Phi) is 42.0. The number of unbranched alkanes of at least 4 members (excludes halogenated alkanes) is 22. The van der Waals surface area contributed by atoms with E-state index in [-0.39, 0.29) is 31.1 Å². The molecule has 0 bridgehead atoms. The van der Waals surface area contributed by atoms with Crippen molar-refractivity contribution >= 4 is 17.9 Å². The summed E-state index contributed by atoms with van der Waals surface area (Å²) < 4.78 is 16.7. The molecule has 0 amide bonds. The quantitative estimate of drug-likeness (QED) is 0.0267. The Bertz CT molecular complexity index is 980. The van der Waals surface area contributed by atoms with Gasteiger partial charge >= 0.3 is 17.9 Å². The van der Waals surface area contributed by atoms with Gasteiger partial charge in [-0.3, -0.25) is 14.4 Å². The van der Waals surface area contributed by atoms with Crippen LogP contribution in [0.2, 0.25) is 0 Å². The summed E-state index contributed by atoms with van der Waals surface area (Å²) in [5.74, 6) is -0.911. The second kappa shape index (κ2) is 44.1. The van der Waals surface area contributed by atoms with Crippen LogP contribution in [0.15, 0.2) is 48.6 Å². The van der Waals surface area contributed by atoms with Crippen LogP contribution < -0.4 is 0 Å². The topological polar surface area (TPSA) is 78.9 Å². The summed E-state index contributed by atoms with van der Waals surface area (Å²) in [5, 5.41) is 0. The van der Waals surface area contributed by atoms with Gasteiger partial charge in [0.1, 0.15) is 13.2 Å². The van der Waals surface area contributed by atoms with Gasteiger partial charge in [0.05, 0.1) is 0 Å². The van der Waals surface area contributed by atoms with E-state index in [0.29, 0.717) is 19.3 Å². The van der Waals surface area contributed by atoms with Crippen LogP contribution in [-0.4, -0.2) is 37.2 Å². The van der Waals surface area contributed by atoms with Crippen molar-refractivity contribution in [3.05, 3.63) is 48.6 Å². The van der Waals surface area contributed by atoms with E-state index in [1.807, 2.05) is 0 Å². The van der Waals surface area contributed by atoms with Crippen molar-refractivity contribution in [3.8, 4) is 0 Å². The van der Waals surface area contributed by atoms with Gasteiger partial charge in [0.25, 0.3) is 0 Å². The smallest absolute Gasteiger partial charge is 0.306 e. The maximum absolute atomic E-state index is 12.7. The van der Waals surface area contributed by atoms with Crippen molar-refractivity contribution in [1.82, 2.24) is 0 Å². The van der Waals surface area contributed by atoms with E-state index in [2.05, 4.69) is 69.4 Å². The molecule has 0 rings (SSSR count). The molecule has 0 saturated heterocycles. The second-order valence-corrected chi connectivity index (χ2v) is 15.3. The Morgan fingerprint density at radius 1 is 0.382 bits per heavy atom. The fraction of sp³-hybridized carbons (Fsp3) is 0.776. The van der Waals surface area contributed by atoms with Crippen molar-refractivity contribution in [2.45, 2.75) is 232 Å². The van der Waals surface area contributed by atoms with Crippen molar-refractivity contribution in [2.24, 2.45) is 0 Å². The molecule has 55 heavy (non-hydrogen) atoms. The molecule has 0 spiro atoms. The first-order chi connectivity index (χ1) is 27.0. The molecule has 6 nitrogen and oxygen atoms in total. The summed E-state index contributed by atoms with van der Waals surface area (Å²) in [5.41, 5.74) is 0. The number of allylic oxidation sites excluding steroid dienone is 8. The Labute approximate surface area is 339 Å². The summed E-state index contributed by atoms with van der Waals surface area (Å²) in [6.45, 7) is 6.44. The zero-order chi connectivity index (χ0) is 40.1. The summed E-state index contributed by atoms with van der Waals surface area (Å²) in [6.07, 6.45) is 50.9. The molecule has 0 radical (unpaired) electrons. The highest BCUT2D eigenvalue weighted by Crippen LogP contribution is 2.14. The van der Waals surface area contributed by atoms with Crippen molar-refractivity contribution in [1.29, 1.82) is 0 Å². The molecule has 0 aromatic carbocycles. The molecule has 1 unspecified atom stereocenters. The second-order valence-electron chi connectivity index (χ2n) is 15.3. The van der Waals surface area contributed by atoms with Gasteiger partial charge < -0.3 is 14.2 Å². The van der Waals surface area contributed by atoms with Crippen LogP contribution >= 0.6 is 0 Å². The number of ether oxygens (including phenoxy) is 3. The Morgan fingerprint density at radius 3 is 1.16 bits per heavy atom. The van der Waals surface area contributed by atoms with E-state index in [1.165, 1.54) is 89.9 Å². The lowest BCUT2D eigenvalue weighted by Crippen LogP contribution is -2.30. The lowest BCUT2D eigenvalue weighted by Gasteiger charge is -2.18. The molecule has 0 heterocycles. The fourth-order valence-electron chi connectivity index (χ4n) is 6.28. The third-order valence-corrected chi connectivity index (χ3v) is 9.79. The average Bonchev–Trinajstić information content (AvgIpc) is 3.18. The largest absolute Gasteiger partial charge is 0.462 e. The average molecular weight is 771 g/mol. The molecule has 0 aliphatic heterocycles. The number of carbonyl (C=O) groups excluding carboxylic acids is 3. The van der Waals surface area contributed by atoms with Gasteiger partial charge in [-0.05, 0) is 89.9 Å². The fourth-order valence-corrected chi connectivity index (χ4v) is 6.28. The predicted molar refractivity (Wildman–Crippen MR) is 233 cm³/mol. The molecule has 0 aliphatic carbocycles. The lowest BCUT2D eigenvalue weighted by atomic mass is 10.1. The van der Waals surface area contributed by atoms with Gasteiger partial charge in [0, 0.05) is 19.3 Å². The summed E-state index contributed by atoms with van der Waals surface area (Å²) in [6, 6.07) is 0. The van der Waals surface area contributed by atoms with Crippen LogP contribution in [0.5, 0.6) is 0 Å². The van der Waals surface area contributed by atoms with Crippen LogP contribution in [0.25, 0.3) is 0 Å². The van der Waals surface area contributed by atoms with Crippen LogP contribution in [0.4, 0.5) is 0 Å². The van der Waals surface area contributed by atoms with Crippen LogP contribution in [0.1, 0.15) is 226 Å². The van der Waals surface area contributed by atoms with E-state index >= 15 is 0 Å². The maximum atomic E-state index is 12.7. The zero-order valence-corrected chi connectivity index (χ0v) is 36.2. The number of carbonyl (C=O) groups is 3. The maximum Gasteiger partial charge on any atom is 0.306 e. The van der Waals surface area contributed by atoms with Crippen molar-refractivity contribution in [3.63, 3.8) is 0 Å². The van der Waals surface area contributed by atoms with Gasteiger partial charge in [-0.1, -0.05) is 166 Å². The summed E-state index contributed by atoms with van der Waals surface area (Å²) >= 11 is 0. The Morgan fingerprint density at radius 2 is 0.727 bits per heavy atom. The van der Waals surface area contributed by atoms with Crippen LogP contribution in [-0.2, 0) is 28.6 Å². The number of hydrogen-bond acceptors (Lipinski definition) is 6. The molecule has 6 heteroatoms. The van der Waals surface area contributed by atoms with E-state index in [4.69, 9.17) is 14.2 Å². The van der Waals surface area contributed by atoms with E-state index in [1.54, 1.807) is 0 Å². The minimum absolute atomic E-state index is 0.0833. The molecular formula is C49H86O6. The molecular weight excluding hydrogens is 685 g/mol. The Hall–Kier alpha value is -2.63. The van der Waals surface area contributed by atoms with Crippen LogP contribution in [0, 0.1) is 0 Å². The molecule has 1 atom stereocenters. The standard InChI is InChI=1S/C49H86O6/c1-4-7-10-13-16-19-22-24-25-28-30-33-36-39-42-48(51)54-45-46(44-53-47(50)41-38-35-32-29-26-21-18-15-12-9-6-3)55-49(52)43-40-37-34-31-27-23-20-17-14-11-8-5-2/h7,10,15-20,46H,4-6,8-9,11-14,21-45H2,1-3H3/b10-7-,18-15-,19-16-,20-17-. The number of hydrogen-bond donors (Lipinski definition) is 0. The summed E-state index contributed by atoms with van der Waals surface area (Å²) in [4.78, 5) is 37.7. The zero-order valence-electron chi connectivity index (χ0n) is 36.2. The summed E-state index contributed by atoms with van der Waals surface area (Å²) in [7, 11) is 0. The number of rotatable bonds is 41. The molecule has 0 saturated carbocycles. The lowest BCUT2D eigenvalue weighted by molar-refractivity contribution is -0.167. The molecule has 0 N–H and O–H groups in total. The third kappa shape index (κ3) is 42.4. The highest BCUT2D eigenvalue weighted by atomic mass is 16.6. The Balaban J connectivity index is 4.40. The van der Waals surface area contributed by atoms with Crippen molar-refractivity contribution < 1.29 is 28.6 Å². The van der Waals surface area contributed by atoms with Crippen molar-refractivity contribution in [2.75, 3.05) is 13.2 Å². The van der Waals surface area contributed by atoms with Crippen LogP contribution in [0.3, 0.4) is 0 Å². The highest BCUT2D eigenvalue weighted by molar-refractivity contribution is 5.71. The van der Waals surface area contributed by atoms with Gasteiger partial charge in [0.15, 0.2) is 6.10 Å². The van der Waals surface area contributed by atoms with E-state index in [0.717, 1.165) is 96.3 Å².